The maximum atomic E-state index is 13.1. The van der Waals surface area contributed by atoms with Crippen LogP contribution in [0.4, 0.5) is 18.9 Å². The number of aromatic nitrogens is 2. The van der Waals surface area contributed by atoms with Crippen LogP contribution < -0.4 is 0 Å². The summed E-state index contributed by atoms with van der Waals surface area (Å²) < 4.78 is 41.1. The Morgan fingerprint density at radius 1 is 1.27 bits per heavy atom. The number of para-hydroxylation sites is 1. The van der Waals surface area contributed by atoms with Crippen molar-refractivity contribution in [2.75, 3.05) is 6.54 Å². The van der Waals surface area contributed by atoms with Crippen molar-refractivity contribution < 1.29 is 22.9 Å². The van der Waals surface area contributed by atoms with Crippen LogP contribution in [0.15, 0.2) is 24.3 Å². The van der Waals surface area contributed by atoms with Gasteiger partial charge in [0.25, 0.3) is 5.69 Å². The molecule has 30 heavy (non-hydrogen) atoms. The number of amides is 1. The van der Waals surface area contributed by atoms with Crippen molar-refractivity contribution in [3.05, 3.63) is 56.9 Å². The first-order chi connectivity index (χ1) is 13.9. The topological polar surface area (TPSA) is 81.3 Å². The van der Waals surface area contributed by atoms with Gasteiger partial charge in [-0.25, -0.2) is 0 Å². The number of rotatable bonds is 8. The Morgan fingerprint density at radius 3 is 2.47 bits per heavy atom. The Morgan fingerprint density at radius 2 is 1.90 bits per heavy atom. The Hall–Kier alpha value is -2.91. The van der Waals surface area contributed by atoms with Crippen molar-refractivity contribution in [2.45, 2.75) is 53.4 Å². The molecule has 1 heterocycles. The number of carbonyl (C=O) groups excluding carboxylic acids is 1. The Balaban J connectivity index is 2.31. The Kier molecular flexibility index (Phi) is 7.22. The second-order valence-corrected chi connectivity index (χ2v) is 7.65. The molecule has 0 N–H and O–H groups in total. The van der Waals surface area contributed by atoms with E-state index < -0.39 is 30.1 Å². The van der Waals surface area contributed by atoms with Crippen molar-refractivity contribution in [3.63, 3.8) is 0 Å². The normalized spacial score (nSPS) is 11.7. The molecule has 2 aromatic rings. The monoisotopic (exact) mass is 426 g/mol. The average Bonchev–Trinajstić information content (AvgIpc) is 2.87. The summed E-state index contributed by atoms with van der Waals surface area (Å²) in [6, 6.07) is 5.47. The Bertz CT molecular complexity index is 923. The number of alkyl halides is 3. The number of aryl methyl sites for hydroxylation is 1. The van der Waals surface area contributed by atoms with E-state index in [0.717, 1.165) is 5.69 Å². The van der Waals surface area contributed by atoms with E-state index in [1.807, 2.05) is 13.8 Å². The molecule has 0 bridgehead atoms. The largest absolute Gasteiger partial charge is 0.406 e. The van der Waals surface area contributed by atoms with Gasteiger partial charge in [-0.05, 0) is 19.8 Å². The molecule has 0 spiro atoms. The number of nitro groups is 1. The number of benzene rings is 1. The van der Waals surface area contributed by atoms with E-state index in [-0.39, 0.29) is 17.7 Å². The molecule has 1 aromatic heterocycles. The predicted molar refractivity (Wildman–Crippen MR) is 105 cm³/mol. The van der Waals surface area contributed by atoms with Crippen molar-refractivity contribution >= 4 is 11.6 Å². The van der Waals surface area contributed by atoms with Crippen LogP contribution in [0, 0.1) is 29.9 Å². The van der Waals surface area contributed by atoms with Crippen LogP contribution in [0.3, 0.4) is 0 Å². The summed E-state index contributed by atoms with van der Waals surface area (Å²) in [6.07, 6.45) is -4.89. The van der Waals surface area contributed by atoms with E-state index in [4.69, 9.17) is 0 Å². The fraction of sp³-hybridized carbons (Fsp3) is 0.500. The molecule has 0 radical (unpaired) electrons. The van der Waals surface area contributed by atoms with Crippen molar-refractivity contribution in [3.8, 4) is 0 Å². The smallest absolute Gasteiger partial charge is 0.329 e. The van der Waals surface area contributed by atoms with E-state index in [9.17, 15) is 28.1 Å². The molecule has 164 valence electrons. The number of nitrogens with zero attached hydrogens (tertiary/aromatic N) is 4. The quantitative estimate of drug-likeness (QED) is 0.468. The average molecular weight is 426 g/mol. The summed E-state index contributed by atoms with van der Waals surface area (Å²) in [5, 5.41) is 15.6. The predicted octanol–water partition coefficient (Wildman–Crippen LogP) is 4.20. The lowest BCUT2D eigenvalue weighted by atomic mass is 10.1. The lowest BCUT2D eigenvalue weighted by molar-refractivity contribution is -0.385. The van der Waals surface area contributed by atoms with Gasteiger partial charge >= 0.3 is 6.18 Å². The molecule has 0 aliphatic heterocycles. The fourth-order valence-corrected chi connectivity index (χ4v) is 3.25. The first kappa shape index (κ1) is 23.4. The highest BCUT2D eigenvalue weighted by Crippen LogP contribution is 2.24. The second kappa shape index (κ2) is 9.27. The maximum absolute atomic E-state index is 13.1. The molecule has 0 fully saturated rings. The molecule has 0 saturated carbocycles. The van der Waals surface area contributed by atoms with Crippen molar-refractivity contribution in [1.29, 1.82) is 0 Å². The summed E-state index contributed by atoms with van der Waals surface area (Å²) in [5.74, 6) is -0.451. The molecule has 0 atom stereocenters. The standard InChI is InChI=1S/C20H25F3N4O3/c1-13(2)10-26-15(4)17(14(3)24-26)9-19(28)25(12-20(21,22)23)11-16-7-5-6-8-18(16)27(29)30/h5-8,13H,9-12H2,1-4H3. The van der Waals surface area contributed by atoms with E-state index >= 15 is 0 Å². The van der Waals surface area contributed by atoms with E-state index in [0.29, 0.717) is 28.6 Å². The van der Waals surface area contributed by atoms with Gasteiger partial charge in [0, 0.05) is 29.4 Å². The van der Waals surface area contributed by atoms with Crippen LogP contribution in [0.1, 0.15) is 36.4 Å². The molecule has 7 nitrogen and oxygen atoms in total. The van der Waals surface area contributed by atoms with Gasteiger partial charge in [-0.3, -0.25) is 19.6 Å². The third-order valence-corrected chi connectivity index (χ3v) is 4.67. The van der Waals surface area contributed by atoms with E-state index in [2.05, 4.69) is 5.10 Å². The summed E-state index contributed by atoms with van der Waals surface area (Å²) in [6.45, 7) is 6.15. The first-order valence-electron chi connectivity index (χ1n) is 9.48. The molecule has 10 heteroatoms. The fourth-order valence-electron chi connectivity index (χ4n) is 3.25. The van der Waals surface area contributed by atoms with Crippen LogP contribution in [0.2, 0.25) is 0 Å². The zero-order chi connectivity index (χ0) is 22.6. The van der Waals surface area contributed by atoms with Gasteiger partial charge in [0.05, 0.1) is 23.6 Å². The van der Waals surface area contributed by atoms with Crippen LogP contribution in [-0.4, -0.2) is 38.2 Å². The Labute approximate surface area is 172 Å². The van der Waals surface area contributed by atoms with Gasteiger partial charge < -0.3 is 4.90 Å². The zero-order valence-electron chi connectivity index (χ0n) is 17.4. The molecule has 1 amide bonds. The van der Waals surface area contributed by atoms with Gasteiger partial charge in [0.1, 0.15) is 6.54 Å². The lowest BCUT2D eigenvalue weighted by Gasteiger charge is -2.24. The molecule has 0 saturated heterocycles. The highest BCUT2D eigenvalue weighted by molar-refractivity contribution is 5.79. The minimum atomic E-state index is -4.63. The molecule has 0 aliphatic rings. The molecule has 0 aliphatic carbocycles. The molecular weight excluding hydrogens is 401 g/mol. The van der Waals surface area contributed by atoms with Crippen molar-refractivity contribution in [2.24, 2.45) is 5.92 Å². The number of hydrogen-bond acceptors (Lipinski definition) is 4. The van der Waals surface area contributed by atoms with Gasteiger partial charge in [0.15, 0.2) is 0 Å². The number of hydrogen-bond donors (Lipinski definition) is 0. The molecule has 2 rings (SSSR count). The van der Waals surface area contributed by atoms with Crippen LogP contribution in [0.25, 0.3) is 0 Å². The minimum absolute atomic E-state index is 0.0454. The van der Waals surface area contributed by atoms with Gasteiger partial charge in [-0.2, -0.15) is 18.3 Å². The molecule has 1 aromatic carbocycles. The maximum Gasteiger partial charge on any atom is 0.406 e. The van der Waals surface area contributed by atoms with E-state index in [1.165, 1.54) is 24.3 Å². The van der Waals surface area contributed by atoms with Crippen molar-refractivity contribution in [1.82, 2.24) is 14.7 Å². The number of halogens is 3. The third-order valence-electron chi connectivity index (χ3n) is 4.67. The summed E-state index contributed by atoms with van der Waals surface area (Å²) in [4.78, 5) is 24.0. The summed E-state index contributed by atoms with van der Waals surface area (Å²) in [5.41, 5.74) is 1.61. The van der Waals surface area contributed by atoms with Gasteiger partial charge in [0.2, 0.25) is 5.91 Å². The summed E-state index contributed by atoms with van der Waals surface area (Å²) >= 11 is 0. The summed E-state index contributed by atoms with van der Waals surface area (Å²) in [7, 11) is 0. The highest BCUT2D eigenvalue weighted by Gasteiger charge is 2.34. The highest BCUT2D eigenvalue weighted by atomic mass is 19.4. The SMILES string of the molecule is Cc1nn(CC(C)C)c(C)c1CC(=O)N(Cc1ccccc1[N+](=O)[O-])CC(F)(F)F. The molecule has 0 unspecified atom stereocenters. The number of nitro benzene ring substituents is 1. The van der Waals surface area contributed by atoms with Crippen LogP contribution in [0.5, 0.6) is 0 Å². The van der Waals surface area contributed by atoms with Crippen LogP contribution >= 0.6 is 0 Å². The third kappa shape index (κ3) is 6.04. The second-order valence-electron chi connectivity index (χ2n) is 7.65. The number of carbonyl (C=O) groups is 1. The minimum Gasteiger partial charge on any atom is -0.329 e. The lowest BCUT2D eigenvalue weighted by Crippen LogP contribution is -2.39. The van der Waals surface area contributed by atoms with Gasteiger partial charge in [-0.1, -0.05) is 32.0 Å². The first-order valence-corrected chi connectivity index (χ1v) is 9.48. The van der Waals surface area contributed by atoms with E-state index in [1.54, 1.807) is 18.5 Å². The molecular formula is C20H25F3N4O3. The van der Waals surface area contributed by atoms with Crippen LogP contribution in [-0.2, 0) is 24.3 Å². The zero-order valence-corrected chi connectivity index (χ0v) is 17.4. The van der Waals surface area contributed by atoms with Gasteiger partial charge in [-0.15, -0.1) is 0 Å².